The molecule has 2 aromatic carbocycles. The fraction of sp³-hybridized carbons (Fsp3) is 0.227. The number of hydrogen-bond acceptors (Lipinski definition) is 4. The summed E-state index contributed by atoms with van der Waals surface area (Å²) < 4.78 is 0. The highest BCUT2D eigenvalue weighted by atomic mass is 16.2. The van der Waals surface area contributed by atoms with E-state index in [0.717, 1.165) is 51.9 Å². The number of imidazole rings is 1. The van der Waals surface area contributed by atoms with Crippen molar-refractivity contribution in [3.8, 4) is 11.1 Å². The van der Waals surface area contributed by atoms with Gasteiger partial charge in [-0.05, 0) is 36.6 Å². The first-order chi connectivity index (χ1) is 13.6. The van der Waals surface area contributed by atoms with Crippen molar-refractivity contribution in [2.45, 2.75) is 26.3 Å². The number of H-pyrrole nitrogens is 1. The van der Waals surface area contributed by atoms with Crippen molar-refractivity contribution in [3.05, 3.63) is 53.9 Å². The number of benzene rings is 2. The molecule has 0 bridgehead atoms. The van der Waals surface area contributed by atoms with E-state index in [1.807, 2.05) is 17.0 Å². The van der Waals surface area contributed by atoms with Gasteiger partial charge in [-0.15, -0.1) is 0 Å². The number of fused-ring (bicyclic) bond motifs is 3. The fourth-order valence-electron chi connectivity index (χ4n) is 3.87. The molecular weight excluding hydrogens is 350 g/mol. The van der Waals surface area contributed by atoms with Gasteiger partial charge in [0.1, 0.15) is 22.7 Å². The van der Waals surface area contributed by atoms with E-state index in [-0.39, 0.29) is 5.91 Å². The van der Waals surface area contributed by atoms with Crippen LogP contribution in [0.1, 0.15) is 24.2 Å². The van der Waals surface area contributed by atoms with Crippen LogP contribution < -0.4 is 5.73 Å². The van der Waals surface area contributed by atoms with Gasteiger partial charge in [-0.3, -0.25) is 4.79 Å². The summed E-state index contributed by atoms with van der Waals surface area (Å²) in [7, 11) is 0. The molecule has 28 heavy (non-hydrogen) atoms. The van der Waals surface area contributed by atoms with E-state index in [1.54, 1.807) is 0 Å². The SMILES string of the molecule is Cc1ccc(-c2ccc3c(c2)nc(N)c2[nH]c(CN4CCCC4=O)nc23)cc1. The maximum absolute atomic E-state index is 11.9. The molecule has 0 aliphatic carbocycles. The maximum atomic E-state index is 11.9. The second kappa shape index (κ2) is 6.34. The molecule has 3 N–H and O–H groups in total. The Bertz CT molecular complexity index is 1210. The number of anilines is 1. The van der Waals surface area contributed by atoms with Crippen LogP contribution in [0.2, 0.25) is 0 Å². The molecule has 4 aromatic rings. The monoisotopic (exact) mass is 371 g/mol. The lowest BCUT2D eigenvalue weighted by atomic mass is 10.0. The molecule has 1 aliphatic rings. The zero-order chi connectivity index (χ0) is 19.3. The molecule has 1 aliphatic heterocycles. The van der Waals surface area contributed by atoms with Gasteiger partial charge in [0, 0.05) is 18.4 Å². The van der Waals surface area contributed by atoms with Crippen LogP contribution in [0.5, 0.6) is 0 Å². The van der Waals surface area contributed by atoms with Crippen molar-refractivity contribution >= 4 is 33.7 Å². The summed E-state index contributed by atoms with van der Waals surface area (Å²) in [5.41, 5.74) is 12.0. The van der Waals surface area contributed by atoms with E-state index in [2.05, 4.69) is 47.2 Å². The number of carbonyl (C=O) groups excluding carboxylic acids is 1. The number of hydrogen-bond donors (Lipinski definition) is 2. The number of amides is 1. The van der Waals surface area contributed by atoms with E-state index in [1.165, 1.54) is 5.56 Å². The number of aromatic nitrogens is 3. The first-order valence-electron chi connectivity index (χ1n) is 9.51. The predicted octanol–water partition coefficient (Wildman–Crippen LogP) is 3.79. The lowest BCUT2D eigenvalue weighted by molar-refractivity contribution is -0.128. The molecule has 1 amide bonds. The lowest BCUT2D eigenvalue weighted by Gasteiger charge is -2.12. The molecule has 6 nitrogen and oxygen atoms in total. The summed E-state index contributed by atoms with van der Waals surface area (Å²) >= 11 is 0. The van der Waals surface area contributed by atoms with Crippen LogP contribution in [0.3, 0.4) is 0 Å². The smallest absolute Gasteiger partial charge is 0.223 e. The van der Waals surface area contributed by atoms with Gasteiger partial charge in [0.05, 0.1) is 12.1 Å². The van der Waals surface area contributed by atoms with Gasteiger partial charge in [-0.2, -0.15) is 0 Å². The number of nitrogen functional groups attached to an aromatic ring is 1. The number of likely N-dealkylation sites (tertiary alicyclic amines) is 1. The summed E-state index contributed by atoms with van der Waals surface area (Å²) in [6.07, 6.45) is 1.53. The molecule has 0 saturated carbocycles. The molecule has 140 valence electrons. The van der Waals surface area contributed by atoms with Crippen molar-refractivity contribution in [2.24, 2.45) is 0 Å². The van der Waals surface area contributed by atoms with Crippen molar-refractivity contribution in [2.75, 3.05) is 12.3 Å². The third-order valence-corrected chi connectivity index (χ3v) is 5.40. The van der Waals surface area contributed by atoms with Crippen molar-refractivity contribution in [1.29, 1.82) is 0 Å². The highest BCUT2D eigenvalue weighted by Crippen LogP contribution is 2.30. The van der Waals surface area contributed by atoms with Crippen LogP contribution in [0, 0.1) is 6.92 Å². The van der Waals surface area contributed by atoms with Crippen LogP contribution in [0.15, 0.2) is 42.5 Å². The first kappa shape index (κ1) is 16.7. The van der Waals surface area contributed by atoms with Crippen molar-refractivity contribution in [3.63, 3.8) is 0 Å². The summed E-state index contributed by atoms with van der Waals surface area (Å²) in [6, 6.07) is 14.6. The van der Waals surface area contributed by atoms with Gasteiger partial charge >= 0.3 is 0 Å². The normalized spacial score (nSPS) is 14.5. The number of carbonyl (C=O) groups is 1. The largest absolute Gasteiger partial charge is 0.382 e. The average Bonchev–Trinajstić information content (AvgIpc) is 3.29. The molecule has 3 heterocycles. The molecular formula is C22H21N5O. The van der Waals surface area contributed by atoms with Crippen molar-refractivity contribution in [1.82, 2.24) is 19.9 Å². The third-order valence-electron chi connectivity index (χ3n) is 5.40. The maximum Gasteiger partial charge on any atom is 0.223 e. The molecule has 5 rings (SSSR count). The molecule has 2 aromatic heterocycles. The Kier molecular flexibility index (Phi) is 3.79. The summed E-state index contributed by atoms with van der Waals surface area (Å²) in [5.74, 6) is 1.35. The number of aryl methyl sites for hydroxylation is 1. The minimum atomic E-state index is 0.180. The van der Waals surface area contributed by atoms with E-state index >= 15 is 0 Å². The Morgan fingerprint density at radius 2 is 1.89 bits per heavy atom. The second-order valence-electron chi connectivity index (χ2n) is 7.42. The van der Waals surface area contributed by atoms with Gasteiger partial charge in [0.25, 0.3) is 0 Å². The number of nitrogens with two attached hydrogens (primary N) is 1. The van der Waals surface area contributed by atoms with Crippen LogP contribution in [0.25, 0.3) is 33.1 Å². The summed E-state index contributed by atoms with van der Waals surface area (Å²) in [5, 5.41) is 0.954. The Balaban J connectivity index is 1.58. The van der Waals surface area contributed by atoms with Crippen molar-refractivity contribution < 1.29 is 4.79 Å². The predicted molar refractivity (Wildman–Crippen MR) is 111 cm³/mol. The van der Waals surface area contributed by atoms with Gasteiger partial charge in [0.15, 0.2) is 0 Å². The standard InChI is InChI=1S/C22H21N5O/c1-13-4-6-14(7-5-13)15-8-9-16-17(11-15)24-22(23)21-20(16)25-18(26-21)12-27-10-2-3-19(27)28/h4-9,11H,2-3,10,12H2,1H3,(H2,23,24)(H,25,26). The summed E-state index contributed by atoms with van der Waals surface area (Å²) in [4.78, 5) is 26.3. The third kappa shape index (κ3) is 2.78. The molecule has 1 saturated heterocycles. The quantitative estimate of drug-likeness (QED) is 0.573. The van der Waals surface area contributed by atoms with Crippen LogP contribution >= 0.6 is 0 Å². The van der Waals surface area contributed by atoms with Gasteiger partial charge < -0.3 is 15.6 Å². The molecule has 0 atom stereocenters. The van der Waals surface area contributed by atoms with Crippen LogP contribution in [-0.2, 0) is 11.3 Å². The highest BCUT2D eigenvalue weighted by molar-refractivity contribution is 6.07. The Labute approximate surface area is 162 Å². The second-order valence-corrected chi connectivity index (χ2v) is 7.42. The van der Waals surface area contributed by atoms with Gasteiger partial charge in [0.2, 0.25) is 5.91 Å². The van der Waals surface area contributed by atoms with E-state index in [4.69, 9.17) is 10.7 Å². The van der Waals surface area contributed by atoms with Gasteiger partial charge in [-0.1, -0.05) is 35.9 Å². The zero-order valence-corrected chi connectivity index (χ0v) is 15.7. The number of aromatic amines is 1. The molecule has 1 fully saturated rings. The van der Waals surface area contributed by atoms with E-state index in [9.17, 15) is 4.79 Å². The molecule has 6 heteroatoms. The lowest BCUT2D eigenvalue weighted by Crippen LogP contribution is -2.24. The molecule has 0 radical (unpaired) electrons. The number of pyridine rings is 1. The summed E-state index contributed by atoms with van der Waals surface area (Å²) in [6.45, 7) is 3.34. The van der Waals surface area contributed by atoms with Gasteiger partial charge in [-0.25, -0.2) is 9.97 Å². The Hall–Kier alpha value is -3.41. The first-order valence-corrected chi connectivity index (χ1v) is 9.51. The average molecular weight is 371 g/mol. The van der Waals surface area contributed by atoms with Crippen LogP contribution in [0.4, 0.5) is 5.82 Å². The van der Waals surface area contributed by atoms with Crippen LogP contribution in [-0.4, -0.2) is 32.3 Å². The topological polar surface area (TPSA) is 87.9 Å². The molecule has 0 spiro atoms. The van der Waals surface area contributed by atoms with E-state index < -0.39 is 0 Å². The minimum Gasteiger partial charge on any atom is -0.382 e. The molecule has 0 unspecified atom stereocenters. The number of nitrogens with one attached hydrogen (secondary N) is 1. The van der Waals surface area contributed by atoms with E-state index in [0.29, 0.717) is 18.8 Å². The fourth-order valence-corrected chi connectivity index (χ4v) is 3.87. The Morgan fingerprint density at radius 3 is 2.64 bits per heavy atom. The Morgan fingerprint density at radius 1 is 1.11 bits per heavy atom. The number of nitrogens with zero attached hydrogens (tertiary/aromatic N) is 3. The zero-order valence-electron chi connectivity index (χ0n) is 15.7. The highest BCUT2D eigenvalue weighted by Gasteiger charge is 2.22. The number of rotatable bonds is 3. The minimum absolute atomic E-state index is 0.180.